The summed E-state index contributed by atoms with van der Waals surface area (Å²) >= 11 is 37.5. The zero-order valence-corrected chi connectivity index (χ0v) is 22.4. The van der Waals surface area contributed by atoms with Crippen LogP contribution in [-0.4, -0.2) is 11.6 Å². The van der Waals surface area contributed by atoms with E-state index in [4.69, 9.17) is 69.6 Å². The minimum Gasteiger partial charge on any atom is -0.353 e. The van der Waals surface area contributed by atoms with E-state index in [0.717, 1.165) is 0 Å². The van der Waals surface area contributed by atoms with E-state index < -0.39 is 0 Å². The lowest BCUT2D eigenvalue weighted by atomic mass is 9.82. The molecule has 1 aliphatic rings. The summed E-state index contributed by atoms with van der Waals surface area (Å²) in [5.41, 5.74) is 2.57. The topological polar surface area (TPSA) is 58.2 Å². The summed E-state index contributed by atoms with van der Waals surface area (Å²) in [5.74, 6) is -0.606. The van der Waals surface area contributed by atoms with Crippen LogP contribution in [-0.2, 0) is 0 Å². The standard InChI is InChI=1S/C26H12Cl6N2O2/c27-14-6-9-16(22(31)20(14)29)33-18-8-5-13-19(26(36)12-4-2-1-3-11(12)25(13)35)24(18)34-17-10-7-15(28)21(30)23(17)32/h1-10,33-34H. The molecule has 10 heteroatoms. The van der Waals surface area contributed by atoms with Gasteiger partial charge in [0.25, 0.3) is 0 Å². The van der Waals surface area contributed by atoms with Gasteiger partial charge in [0.15, 0.2) is 11.6 Å². The number of carbonyl (C=O) groups is 2. The summed E-state index contributed by atoms with van der Waals surface area (Å²) in [6, 6.07) is 16.3. The van der Waals surface area contributed by atoms with Gasteiger partial charge in [-0.25, -0.2) is 0 Å². The van der Waals surface area contributed by atoms with Crippen LogP contribution in [0, 0.1) is 0 Å². The Kier molecular flexibility index (Phi) is 6.86. The molecule has 0 saturated carbocycles. The number of benzene rings is 4. The fourth-order valence-electron chi connectivity index (χ4n) is 3.95. The van der Waals surface area contributed by atoms with Crippen LogP contribution in [0.5, 0.6) is 0 Å². The number of hydrogen-bond acceptors (Lipinski definition) is 4. The molecule has 180 valence electrons. The molecule has 0 radical (unpaired) electrons. The fraction of sp³-hybridized carbons (Fsp3) is 0. The average molecular weight is 597 g/mol. The second kappa shape index (κ2) is 9.79. The number of rotatable bonds is 4. The molecule has 0 amide bonds. The highest BCUT2D eigenvalue weighted by molar-refractivity contribution is 6.50. The van der Waals surface area contributed by atoms with Gasteiger partial charge in [-0.05, 0) is 36.4 Å². The Morgan fingerprint density at radius 3 is 1.56 bits per heavy atom. The SMILES string of the molecule is O=C1c2ccccc2C(=O)c2c1ccc(Nc1ccc(Cl)c(Cl)c1Cl)c2Nc1ccc(Cl)c(Cl)c1Cl. The van der Waals surface area contributed by atoms with Crippen LogP contribution in [0.2, 0.25) is 30.1 Å². The lowest BCUT2D eigenvalue weighted by Gasteiger charge is -2.24. The zero-order chi connectivity index (χ0) is 25.7. The van der Waals surface area contributed by atoms with Crippen LogP contribution in [0.1, 0.15) is 31.8 Å². The highest BCUT2D eigenvalue weighted by Crippen LogP contribution is 2.44. The maximum Gasteiger partial charge on any atom is 0.196 e. The number of halogens is 6. The molecule has 4 aromatic rings. The third-order valence-corrected chi connectivity index (χ3v) is 8.28. The third kappa shape index (κ3) is 4.22. The van der Waals surface area contributed by atoms with Crippen molar-refractivity contribution in [1.82, 2.24) is 0 Å². The number of carbonyl (C=O) groups excluding carboxylic acids is 2. The van der Waals surface area contributed by atoms with Gasteiger partial charge in [0.1, 0.15) is 0 Å². The summed E-state index contributed by atoms with van der Waals surface area (Å²) in [7, 11) is 0. The molecule has 4 aromatic carbocycles. The van der Waals surface area contributed by atoms with Gasteiger partial charge in [-0.1, -0.05) is 93.9 Å². The van der Waals surface area contributed by atoms with Crippen LogP contribution in [0.3, 0.4) is 0 Å². The maximum absolute atomic E-state index is 13.7. The van der Waals surface area contributed by atoms with Crippen molar-refractivity contribution in [1.29, 1.82) is 0 Å². The molecule has 0 saturated heterocycles. The Labute approximate surface area is 236 Å². The van der Waals surface area contributed by atoms with Gasteiger partial charge in [-0.2, -0.15) is 0 Å². The Bertz CT molecular complexity index is 1600. The van der Waals surface area contributed by atoms with Crippen molar-refractivity contribution in [2.45, 2.75) is 0 Å². The predicted molar refractivity (Wildman–Crippen MR) is 149 cm³/mol. The fourth-order valence-corrected chi connectivity index (χ4v) is 5.11. The largest absolute Gasteiger partial charge is 0.353 e. The van der Waals surface area contributed by atoms with Crippen LogP contribution in [0.25, 0.3) is 0 Å². The van der Waals surface area contributed by atoms with Crippen LogP contribution in [0.4, 0.5) is 22.7 Å². The minimum atomic E-state index is -0.331. The number of fused-ring (bicyclic) bond motifs is 2. The molecule has 0 aromatic heterocycles. The Balaban J connectivity index is 1.72. The Morgan fingerprint density at radius 2 is 0.972 bits per heavy atom. The highest BCUT2D eigenvalue weighted by atomic mass is 35.5. The molecule has 0 atom stereocenters. The zero-order valence-electron chi connectivity index (χ0n) is 17.9. The molecule has 0 unspecified atom stereocenters. The minimum absolute atomic E-state index is 0.142. The maximum atomic E-state index is 13.7. The lowest BCUT2D eigenvalue weighted by molar-refractivity contribution is 0.0980. The summed E-state index contributed by atoms with van der Waals surface area (Å²) < 4.78 is 0. The van der Waals surface area contributed by atoms with Crippen LogP contribution < -0.4 is 10.6 Å². The molecular weight excluding hydrogens is 585 g/mol. The van der Waals surface area contributed by atoms with Crippen LogP contribution >= 0.6 is 69.6 Å². The molecule has 0 spiro atoms. The van der Waals surface area contributed by atoms with Gasteiger partial charge in [0.2, 0.25) is 0 Å². The third-order valence-electron chi connectivity index (χ3n) is 5.69. The summed E-state index contributed by atoms with van der Waals surface area (Å²) in [6.45, 7) is 0. The molecule has 36 heavy (non-hydrogen) atoms. The smallest absolute Gasteiger partial charge is 0.196 e. The first-order chi connectivity index (χ1) is 17.2. The molecule has 5 rings (SSSR count). The molecular formula is C26H12Cl6N2O2. The monoisotopic (exact) mass is 594 g/mol. The van der Waals surface area contributed by atoms with Crippen molar-refractivity contribution in [2.75, 3.05) is 10.6 Å². The molecule has 0 bridgehead atoms. The molecule has 0 heterocycles. The molecule has 1 aliphatic carbocycles. The van der Waals surface area contributed by atoms with E-state index in [1.807, 2.05) is 0 Å². The van der Waals surface area contributed by atoms with Crippen molar-refractivity contribution >= 4 is 104 Å². The normalized spacial score (nSPS) is 12.3. The Morgan fingerprint density at radius 1 is 0.472 bits per heavy atom. The summed E-state index contributed by atoms with van der Waals surface area (Å²) in [6.07, 6.45) is 0. The Hall–Kier alpha value is -2.44. The first-order valence-corrected chi connectivity index (χ1v) is 12.6. The average Bonchev–Trinajstić information content (AvgIpc) is 2.88. The predicted octanol–water partition coefficient (Wildman–Crippen LogP) is 9.87. The van der Waals surface area contributed by atoms with E-state index in [9.17, 15) is 9.59 Å². The molecule has 4 nitrogen and oxygen atoms in total. The van der Waals surface area contributed by atoms with Gasteiger partial charge in [0.05, 0.1) is 58.4 Å². The van der Waals surface area contributed by atoms with E-state index in [2.05, 4.69) is 10.6 Å². The second-order valence-corrected chi connectivity index (χ2v) is 10.1. The number of anilines is 4. The number of hydrogen-bond donors (Lipinski definition) is 2. The molecule has 0 fully saturated rings. The second-order valence-electron chi connectivity index (χ2n) is 7.81. The van der Waals surface area contributed by atoms with Gasteiger partial charge in [-0.3, -0.25) is 9.59 Å². The first-order valence-electron chi connectivity index (χ1n) is 10.4. The number of nitrogens with one attached hydrogen (secondary N) is 2. The van der Waals surface area contributed by atoms with Gasteiger partial charge in [-0.15, -0.1) is 0 Å². The highest BCUT2D eigenvalue weighted by Gasteiger charge is 2.33. The lowest BCUT2D eigenvalue weighted by Crippen LogP contribution is -2.22. The van der Waals surface area contributed by atoms with E-state index in [0.29, 0.717) is 33.9 Å². The molecule has 0 aliphatic heterocycles. The molecule has 2 N–H and O–H groups in total. The van der Waals surface area contributed by atoms with Crippen LogP contribution in [0.15, 0.2) is 60.7 Å². The van der Waals surface area contributed by atoms with E-state index in [1.165, 1.54) is 0 Å². The van der Waals surface area contributed by atoms with E-state index in [1.54, 1.807) is 60.7 Å². The van der Waals surface area contributed by atoms with E-state index in [-0.39, 0.29) is 52.8 Å². The van der Waals surface area contributed by atoms with Gasteiger partial charge >= 0.3 is 0 Å². The quantitative estimate of drug-likeness (QED) is 0.203. The van der Waals surface area contributed by atoms with E-state index >= 15 is 0 Å². The summed E-state index contributed by atoms with van der Waals surface area (Å²) in [5, 5.41) is 7.56. The van der Waals surface area contributed by atoms with Gasteiger partial charge in [0, 0.05) is 16.7 Å². The number of ketones is 2. The first kappa shape index (κ1) is 25.2. The van der Waals surface area contributed by atoms with Crippen molar-refractivity contribution in [3.8, 4) is 0 Å². The summed E-state index contributed by atoms with van der Waals surface area (Å²) in [4.78, 5) is 27.0. The van der Waals surface area contributed by atoms with Crippen molar-refractivity contribution < 1.29 is 9.59 Å². The van der Waals surface area contributed by atoms with Crippen molar-refractivity contribution in [3.63, 3.8) is 0 Å². The van der Waals surface area contributed by atoms with Crippen molar-refractivity contribution in [2.24, 2.45) is 0 Å². The van der Waals surface area contributed by atoms with Crippen molar-refractivity contribution in [3.05, 3.63) is 113 Å². The van der Waals surface area contributed by atoms with Gasteiger partial charge < -0.3 is 10.6 Å².